The van der Waals surface area contributed by atoms with Gasteiger partial charge in [0.25, 0.3) is 0 Å². The highest BCUT2D eigenvalue weighted by atomic mass is 35.5. The van der Waals surface area contributed by atoms with Gasteiger partial charge < -0.3 is 20.5 Å². The van der Waals surface area contributed by atoms with Crippen molar-refractivity contribution in [2.24, 2.45) is 5.73 Å². The fourth-order valence-corrected chi connectivity index (χ4v) is 2.00. The summed E-state index contributed by atoms with van der Waals surface area (Å²) in [7, 11) is 1.55. The fraction of sp³-hybridized carbons (Fsp3) is 0.500. The van der Waals surface area contributed by atoms with Crippen LogP contribution in [0.15, 0.2) is 12.1 Å². The van der Waals surface area contributed by atoms with E-state index in [1.807, 2.05) is 6.92 Å². The Labute approximate surface area is 124 Å². The first-order valence-electron chi connectivity index (χ1n) is 6.58. The van der Waals surface area contributed by atoms with E-state index < -0.39 is 0 Å². The Bertz CT molecular complexity index is 452. The van der Waals surface area contributed by atoms with Gasteiger partial charge >= 0.3 is 0 Å². The van der Waals surface area contributed by atoms with Crippen LogP contribution in [-0.4, -0.2) is 26.2 Å². The minimum absolute atomic E-state index is 0.0283. The van der Waals surface area contributed by atoms with Crippen LogP contribution in [0, 0.1) is 0 Å². The number of methoxy groups -OCH3 is 1. The van der Waals surface area contributed by atoms with Crippen molar-refractivity contribution in [3.8, 4) is 11.5 Å². The van der Waals surface area contributed by atoms with Gasteiger partial charge in [-0.1, -0.05) is 11.6 Å². The summed E-state index contributed by atoms with van der Waals surface area (Å²) in [5, 5.41) is 3.28. The van der Waals surface area contributed by atoms with E-state index >= 15 is 0 Å². The topological polar surface area (TPSA) is 73.6 Å². The van der Waals surface area contributed by atoms with Crippen molar-refractivity contribution in [2.45, 2.75) is 26.3 Å². The van der Waals surface area contributed by atoms with Gasteiger partial charge in [0.1, 0.15) is 0 Å². The van der Waals surface area contributed by atoms with E-state index in [1.54, 1.807) is 19.2 Å². The van der Waals surface area contributed by atoms with E-state index in [0.29, 0.717) is 49.1 Å². The molecule has 5 nitrogen and oxygen atoms in total. The van der Waals surface area contributed by atoms with E-state index in [-0.39, 0.29) is 5.91 Å². The van der Waals surface area contributed by atoms with Crippen LogP contribution >= 0.6 is 11.6 Å². The average Bonchev–Trinajstić information content (AvgIpc) is 2.45. The second-order valence-electron chi connectivity index (χ2n) is 4.21. The van der Waals surface area contributed by atoms with Crippen LogP contribution in [0.5, 0.6) is 11.5 Å². The van der Waals surface area contributed by atoms with Gasteiger partial charge in [-0.05, 0) is 37.6 Å². The highest BCUT2D eigenvalue weighted by Crippen LogP contribution is 2.36. The Morgan fingerprint density at radius 1 is 1.45 bits per heavy atom. The monoisotopic (exact) mass is 300 g/mol. The van der Waals surface area contributed by atoms with Gasteiger partial charge in [0, 0.05) is 13.0 Å². The quantitative estimate of drug-likeness (QED) is 0.771. The number of hydrogen-bond donors (Lipinski definition) is 2. The summed E-state index contributed by atoms with van der Waals surface area (Å²) in [6.07, 6.45) is 1.11. The minimum Gasteiger partial charge on any atom is -0.493 e. The first-order valence-corrected chi connectivity index (χ1v) is 6.96. The maximum absolute atomic E-state index is 11.5. The molecule has 0 radical (unpaired) electrons. The molecule has 3 N–H and O–H groups in total. The van der Waals surface area contributed by atoms with Crippen molar-refractivity contribution >= 4 is 17.5 Å². The highest BCUT2D eigenvalue weighted by Gasteiger charge is 2.12. The Morgan fingerprint density at radius 3 is 2.80 bits per heavy atom. The number of benzene rings is 1. The van der Waals surface area contributed by atoms with Crippen LogP contribution in [0.2, 0.25) is 5.02 Å². The number of hydrogen-bond acceptors (Lipinski definition) is 4. The van der Waals surface area contributed by atoms with Crippen molar-refractivity contribution in [1.82, 2.24) is 5.32 Å². The SMILES string of the molecule is CCOc1c(Cl)cc(CNC(=O)CCCN)cc1OC. The van der Waals surface area contributed by atoms with Crippen LogP contribution in [-0.2, 0) is 11.3 Å². The molecule has 0 bridgehead atoms. The molecule has 0 heterocycles. The maximum Gasteiger partial charge on any atom is 0.220 e. The lowest BCUT2D eigenvalue weighted by Gasteiger charge is -2.13. The standard InChI is InChI=1S/C14H21ClN2O3/c1-3-20-14-11(15)7-10(8-12(14)19-2)9-17-13(18)5-4-6-16/h7-8H,3-6,9,16H2,1-2H3,(H,17,18). The second kappa shape index (κ2) is 8.66. The van der Waals surface area contributed by atoms with Gasteiger partial charge in [0.2, 0.25) is 5.91 Å². The number of amides is 1. The number of nitrogens with two attached hydrogens (primary N) is 1. The maximum atomic E-state index is 11.5. The molecule has 0 unspecified atom stereocenters. The molecule has 1 rings (SSSR count). The molecule has 0 spiro atoms. The summed E-state index contributed by atoms with van der Waals surface area (Å²) in [6.45, 7) is 3.29. The van der Waals surface area contributed by atoms with E-state index in [9.17, 15) is 4.79 Å². The first kappa shape index (κ1) is 16.6. The summed E-state index contributed by atoms with van der Waals surface area (Å²) in [4.78, 5) is 11.5. The third-order valence-electron chi connectivity index (χ3n) is 2.68. The second-order valence-corrected chi connectivity index (χ2v) is 4.62. The number of rotatable bonds is 8. The lowest BCUT2D eigenvalue weighted by atomic mass is 10.2. The Kier molecular flexibility index (Phi) is 7.18. The Balaban J connectivity index is 2.72. The molecule has 1 aromatic rings. The number of halogens is 1. The molecule has 6 heteroatoms. The van der Waals surface area contributed by atoms with Crippen LogP contribution in [0.3, 0.4) is 0 Å². The number of nitrogens with one attached hydrogen (secondary N) is 1. The van der Waals surface area contributed by atoms with Crippen molar-refractivity contribution < 1.29 is 14.3 Å². The van der Waals surface area contributed by atoms with Crippen LogP contribution in [0.1, 0.15) is 25.3 Å². The molecule has 0 aliphatic carbocycles. The van der Waals surface area contributed by atoms with Crippen LogP contribution in [0.4, 0.5) is 0 Å². The normalized spacial score (nSPS) is 10.2. The van der Waals surface area contributed by atoms with Crippen LogP contribution < -0.4 is 20.5 Å². The van der Waals surface area contributed by atoms with Crippen LogP contribution in [0.25, 0.3) is 0 Å². The zero-order chi connectivity index (χ0) is 15.0. The van der Waals surface area contributed by atoms with Crippen molar-refractivity contribution in [1.29, 1.82) is 0 Å². The van der Waals surface area contributed by atoms with E-state index in [2.05, 4.69) is 5.32 Å². The molecule has 0 atom stereocenters. The van der Waals surface area contributed by atoms with Gasteiger partial charge in [-0.2, -0.15) is 0 Å². The molecular weight excluding hydrogens is 280 g/mol. The zero-order valence-corrected chi connectivity index (χ0v) is 12.6. The molecule has 1 aromatic carbocycles. The van der Waals surface area contributed by atoms with Gasteiger partial charge in [-0.15, -0.1) is 0 Å². The summed E-state index contributed by atoms with van der Waals surface area (Å²) in [6, 6.07) is 3.57. The molecule has 0 saturated carbocycles. The van der Waals surface area contributed by atoms with Gasteiger partial charge in [-0.25, -0.2) is 0 Å². The summed E-state index contributed by atoms with van der Waals surface area (Å²) >= 11 is 6.16. The van der Waals surface area contributed by atoms with E-state index in [0.717, 1.165) is 5.56 Å². The Hall–Kier alpha value is -1.46. The largest absolute Gasteiger partial charge is 0.493 e. The molecule has 0 fully saturated rings. The molecule has 0 aliphatic heterocycles. The van der Waals surface area contributed by atoms with Crippen molar-refractivity contribution in [3.63, 3.8) is 0 Å². The van der Waals surface area contributed by atoms with Gasteiger partial charge in [0.15, 0.2) is 11.5 Å². The zero-order valence-electron chi connectivity index (χ0n) is 11.9. The predicted molar refractivity (Wildman–Crippen MR) is 79.3 cm³/mol. The minimum atomic E-state index is -0.0283. The molecule has 0 aliphatic rings. The molecule has 0 aromatic heterocycles. The number of ether oxygens (including phenoxy) is 2. The summed E-state index contributed by atoms with van der Waals surface area (Å²) in [5.74, 6) is 1.06. The predicted octanol–water partition coefficient (Wildman–Crippen LogP) is 2.10. The van der Waals surface area contributed by atoms with E-state index in [4.69, 9.17) is 26.8 Å². The molecule has 1 amide bonds. The number of carbonyl (C=O) groups is 1. The van der Waals surface area contributed by atoms with Crippen molar-refractivity contribution in [3.05, 3.63) is 22.7 Å². The molecular formula is C14H21ClN2O3. The highest BCUT2D eigenvalue weighted by molar-refractivity contribution is 6.32. The summed E-state index contributed by atoms with van der Waals surface area (Å²) < 4.78 is 10.7. The third kappa shape index (κ3) is 4.90. The Morgan fingerprint density at radius 2 is 2.20 bits per heavy atom. The molecule has 112 valence electrons. The smallest absolute Gasteiger partial charge is 0.220 e. The fourth-order valence-electron chi connectivity index (χ4n) is 1.71. The van der Waals surface area contributed by atoms with Gasteiger partial charge in [0.05, 0.1) is 18.7 Å². The first-order chi connectivity index (χ1) is 9.62. The lowest BCUT2D eigenvalue weighted by Crippen LogP contribution is -2.23. The third-order valence-corrected chi connectivity index (χ3v) is 2.96. The average molecular weight is 301 g/mol. The summed E-state index contributed by atoms with van der Waals surface area (Å²) in [5.41, 5.74) is 6.22. The molecule has 0 saturated heterocycles. The molecule has 20 heavy (non-hydrogen) atoms. The van der Waals surface area contributed by atoms with E-state index in [1.165, 1.54) is 0 Å². The lowest BCUT2D eigenvalue weighted by molar-refractivity contribution is -0.121. The van der Waals surface area contributed by atoms with Crippen molar-refractivity contribution in [2.75, 3.05) is 20.3 Å². The number of carbonyl (C=O) groups excluding carboxylic acids is 1. The van der Waals surface area contributed by atoms with Gasteiger partial charge in [-0.3, -0.25) is 4.79 Å².